The van der Waals surface area contributed by atoms with Gasteiger partial charge in [-0.1, -0.05) is 25.1 Å². The summed E-state index contributed by atoms with van der Waals surface area (Å²) in [6.07, 6.45) is 4.51. The van der Waals surface area contributed by atoms with E-state index in [-0.39, 0.29) is 23.3 Å². The Kier molecular flexibility index (Phi) is 7.05. The van der Waals surface area contributed by atoms with Gasteiger partial charge in [-0.05, 0) is 49.1 Å². The van der Waals surface area contributed by atoms with Crippen molar-refractivity contribution in [2.45, 2.75) is 43.4 Å². The van der Waals surface area contributed by atoms with Crippen molar-refractivity contribution in [2.75, 3.05) is 26.3 Å². The molecule has 1 aliphatic heterocycles. The monoisotopic (exact) mass is 470 g/mol. The summed E-state index contributed by atoms with van der Waals surface area (Å²) in [7, 11) is -3.82. The average Bonchev–Trinajstić information content (AvgIpc) is 3.26. The van der Waals surface area contributed by atoms with E-state index in [1.165, 1.54) is 3.97 Å². The number of piperidine rings is 1. The summed E-state index contributed by atoms with van der Waals surface area (Å²) in [5, 5.41) is 9.86. The molecule has 0 bridgehead atoms. The van der Waals surface area contributed by atoms with Crippen molar-refractivity contribution in [3.63, 3.8) is 0 Å². The average molecular weight is 471 g/mol. The van der Waals surface area contributed by atoms with Crippen molar-refractivity contribution in [3.8, 4) is 5.75 Å². The molecule has 0 saturated carbocycles. The summed E-state index contributed by atoms with van der Waals surface area (Å²) < 4.78 is 33.9. The maximum Gasteiger partial charge on any atom is 0.268 e. The van der Waals surface area contributed by atoms with Crippen LogP contribution in [0.3, 0.4) is 0 Å². The lowest BCUT2D eigenvalue weighted by atomic mass is 9.87. The number of fused-ring (bicyclic) bond motifs is 1. The first-order valence-corrected chi connectivity index (χ1v) is 12.9. The zero-order valence-electron chi connectivity index (χ0n) is 18.8. The van der Waals surface area contributed by atoms with E-state index in [2.05, 4.69) is 6.92 Å². The summed E-state index contributed by atoms with van der Waals surface area (Å²) in [6.45, 7) is 3.82. The number of aliphatic hydroxyl groups is 1. The van der Waals surface area contributed by atoms with Crippen LogP contribution in [0, 0.1) is 0 Å². The molecule has 7 nitrogen and oxygen atoms in total. The number of hydrogen-bond acceptors (Lipinski definition) is 5. The molecule has 1 unspecified atom stereocenters. The van der Waals surface area contributed by atoms with Crippen molar-refractivity contribution >= 4 is 26.8 Å². The van der Waals surface area contributed by atoms with E-state index in [1.54, 1.807) is 48.7 Å². The molecular weight excluding hydrogens is 440 g/mol. The highest BCUT2D eigenvalue weighted by Crippen LogP contribution is 2.37. The minimum Gasteiger partial charge on any atom is -0.493 e. The SMILES string of the molecule is CCCN1CCCC(c2cc(OCCCO)cc3c2ccn3S(=O)(=O)c2ccccc2)C1=O. The topological polar surface area (TPSA) is 88.8 Å². The third-order valence-electron chi connectivity index (χ3n) is 6.05. The van der Waals surface area contributed by atoms with Gasteiger partial charge >= 0.3 is 0 Å². The largest absolute Gasteiger partial charge is 0.493 e. The van der Waals surface area contributed by atoms with E-state index >= 15 is 0 Å². The lowest BCUT2D eigenvalue weighted by molar-refractivity contribution is -0.135. The van der Waals surface area contributed by atoms with Crippen LogP contribution < -0.4 is 4.74 Å². The predicted octanol–water partition coefficient (Wildman–Crippen LogP) is 3.76. The Hall–Kier alpha value is -2.84. The Labute approximate surface area is 194 Å². The second-order valence-electron chi connectivity index (χ2n) is 8.32. The number of nitrogens with zero attached hydrogens (tertiary/aromatic N) is 2. The highest BCUT2D eigenvalue weighted by molar-refractivity contribution is 7.90. The number of likely N-dealkylation sites (tertiary alicyclic amines) is 1. The Morgan fingerprint density at radius 3 is 2.67 bits per heavy atom. The van der Waals surface area contributed by atoms with Crippen molar-refractivity contribution in [1.82, 2.24) is 8.87 Å². The quantitative estimate of drug-likeness (QED) is 0.481. The van der Waals surface area contributed by atoms with Crippen molar-refractivity contribution in [2.24, 2.45) is 0 Å². The zero-order chi connectivity index (χ0) is 23.4. The molecule has 8 heteroatoms. The summed E-state index contributed by atoms with van der Waals surface area (Å²) in [5.41, 5.74) is 1.27. The standard InChI is InChI=1S/C25H30N2O5S/c1-2-12-26-13-6-10-22(25(26)29)23-17-19(32-16-7-15-28)18-24-21(23)11-14-27(24)33(30,31)20-8-4-3-5-9-20/h3-5,8-9,11,14,17-18,22,28H,2,6-7,10,12-13,15-16H2,1H3. The molecule has 0 aliphatic carbocycles. The maximum atomic E-state index is 13.4. The van der Waals surface area contributed by atoms with Crippen LogP contribution in [-0.2, 0) is 14.8 Å². The number of aromatic nitrogens is 1. The highest BCUT2D eigenvalue weighted by atomic mass is 32.2. The zero-order valence-corrected chi connectivity index (χ0v) is 19.6. The van der Waals surface area contributed by atoms with E-state index in [0.717, 1.165) is 30.3 Å². The number of benzene rings is 2. The van der Waals surface area contributed by atoms with Gasteiger partial charge in [0, 0.05) is 43.8 Å². The summed E-state index contributed by atoms with van der Waals surface area (Å²) >= 11 is 0. The number of carbonyl (C=O) groups is 1. The third kappa shape index (κ3) is 4.63. The molecule has 33 heavy (non-hydrogen) atoms. The molecule has 1 saturated heterocycles. The molecule has 1 amide bonds. The first kappa shape index (κ1) is 23.3. The Balaban J connectivity index is 1.84. The first-order valence-electron chi connectivity index (χ1n) is 11.5. The fraction of sp³-hybridized carbons (Fsp3) is 0.400. The summed E-state index contributed by atoms with van der Waals surface area (Å²) in [4.78, 5) is 15.4. The van der Waals surface area contributed by atoms with Gasteiger partial charge in [-0.25, -0.2) is 12.4 Å². The molecule has 2 aromatic carbocycles. The van der Waals surface area contributed by atoms with E-state index in [0.29, 0.717) is 37.3 Å². The number of hydrogen-bond donors (Lipinski definition) is 1. The molecule has 2 heterocycles. The van der Waals surface area contributed by atoms with Crippen LogP contribution >= 0.6 is 0 Å². The molecule has 1 atom stereocenters. The van der Waals surface area contributed by atoms with Gasteiger partial charge in [-0.2, -0.15) is 0 Å². The number of aliphatic hydroxyl groups excluding tert-OH is 1. The molecule has 4 rings (SSSR count). The lowest BCUT2D eigenvalue weighted by Crippen LogP contribution is -2.40. The second-order valence-corrected chi connectivity index (χ2v) is 10.1. The summed E-state index contributed by atoms with van der Waals surface area (Å²) in [6, 6.07) is 13.6. The van der Waals surface area contributed by atoms with E-state index in [1.807, 2.05) is 11.0 Å². The van der Waals surface area contributed by atoms with Gasteiger partial charge in [0.2, 0.25) is 5.91 Å². The smallest absolute Gasteiger partial charge is 0.268 e. The number of carbonyl (C=O) groups excluding carboxylic acids is 1. The molecule has 1 fully saturated rings. The minimum atomic E-state index is -3.82. The Bertz CT molecular complexity index is 1220. The van der Waals surface area contributed by atoms with Gasteiger partial charge in [0.1, 0.15) is 5.75 Å². The molecule has 176 valence electrons. The number of ether oxygens (including phenoxy) is 1. The predicted molar refractivity (Wildman–Crippen MR) is 127 cm³/mol. The number of amides is 1. The van der Waals surface area contributed by atoms with E-state index < -0.39 is 10.0 Å². The Morgan fingerprint density at radius 2 is 1.94 bits per heavy atom. The van der Waals surface area contributed by atoms with Gasteiger partial charge in [0.15, 0.2) is 0 Å². The molecule has 0 spiro atoms. The van der Waals surface area contributed by atoms with Crippen LogP contribution in [0.25, 0.3) is 10.9 Å². The van der Waals surface area contributed by atoms with Crippen molar-refractivity contribution in [3.05, 3.63) is 60.3 Å². The molecule has 1 aliphatic rings. The van der Waals surface area contributed by atoms with E-state index in [4.69, 9.17) is 9.84 Å². The molecular formula is C25H30N2O5S. The van der Waals surface area contributed by atoms with Gasteiger partial charge in [0.25, 0.3) is 10.0 Å². The Morgan fingerprint density at radius 1 is 1.15 bits per heavy atom. The van der Waals surface area contributed by atoms with Crippen LogP contribution in [0.1, 0.15) is 44.1 Å². The molecule has 0 radical (unpaired) electrons. The molecule has 3 aromatic rings. The minimum absolute atomic E-state index is 0.000946. The molecule has 1 N–H and O–H groups in total. The van der Waals surface area contributed by atoms with Gasteiger partial charge in [-0.3, -0.25) is 4.79 Å². The van der Waals surface area contributed by atoms with Crippen LogP contribution in [-0.4, -0.2) is 54.6 Å². The lowest BCUT2D eigenvalue weighted by Gasteiger charge is -2.32. The van der Waals surface area contributed by atoms with Gasteiger partial charge < -0.3 is 14.7 Å². The third-order valence-corrected chi connectivity index (χ3v) is 7.75. The fourth-order valence-electron chi connectivity index (χ4n) is 4.48. The highest BCUT2D eigenvalue weighted by Gasteiger charge is 2.32. The van der Waals surface area contributed by atoms with Crippen molar-refractivity contribution < 1.29 is 23.1 Å². The van der Waals surface area contributed by atoms with E-state index in [9.17, 15) is 13.2 Å². The van der Waals surface area contributed by atoms with Crippen LogP contribution in [0.5, 0.6) is 5.75 Å². The van der Waals surface area contributed by atoms with Crippen LogP contribution in [0.2, 0.25) is 0 Å². The first-order chi connectivity index (χ1) is 16.0. The fourth-order valence-corrected chi connectivity index (χ4v) is 5.84. The normalized spacial score (nSPS) is 17.0. The van der Waals surface area contributed by atoms with Crippen LogP contribution in [0.15, 0.2) is 59.6 Å². The molecule has 1 aromatic heterocycles. The maximum absolute atomic E-state index is 13.4. The van der Waals surface area contributed by atoms with Gasteiger partial charge in [0.05, 0.1) is 22.9 Å². The van der Waals surface area contributed by atoms with Gasteiger partial charge in [-0.15, -0.1) is 0 Å². The second kappa shape index (κ2) is 9.97. The van der Waals surface area contributed by atoms with Crippen molar-refractivity contribution in [1.29, 1.82) is 0 Å². The number of rotatable bonds is 9. The van der Waals surface area contributed by atoms with Crippen LogP contribution in [0.4, 0.5) is 0 Å². The summed E-state index contributed by atoms with van der Waals surface area (Å²) in [5.74, 6) is 0.231.